The van der Waals surface area contributed by atoms with Crippen LogP contribution in [0, 0.1) is 0 Å². The van der Waals surface area contributed by atoms with Crippen LogP contribution in [0.3, 0.4) is 0 Å². The highest BCUT2D eigenvalue weighted by molar-refractivity contribution is 8.01. The van der Waals surface area contributed by atoms with Crippen molar-refractivity contribution in [2.45, 2.75) is 29.2 Å². The van der Waals surface area contributed by atoms with Gasteiger partial charge in [0.25, 0.3) is 0 Å². The molecule has 0 bridgehead atoms. The maximum absolute atomic E-state index is 11.9. The summed E-state index contributed by atoms with van der Waals surface area (Å²) in [5, 5.41) is 6.90. The van der Waals surface area contributed by atoms with E-state index in [-0.39, 0.29) is 5.91 Å². The van der Waals surface area contributed by atoms with Crippen molar-refractivity contribution in [2.75, 3.05) is 0 Å². The number of aromatic nitrogens is 1. The van der Waals surface area contributed by atoms with Gasteiger partial charge in [0.1, 0.15) is 0 Å². The fourth-order valence-corrected chi connectivity index (χ4v) is 4.61. The zero-order valence-electron chi connectivity index (χ0n) is 11.6. The van der Waals surface area contributed by atoms with Gasteiger partial charge < -0.3 is 0 Å². The van der Waals surface area contributed by atoms with Crippen molar-refractivity contribution < 1.29 is 4.79 Å². The smallest absolute Gasteiger partial charge is 0.244 e. The highest BCUT2D eigenvalue weighted by Gasteiger charge is 2.22. The molecule has 3 rings (SSSR count). The fourth-order valence-electron chi connectivity index (χ4n) is 2.17. The molecule has 0 aliphatic carbocycles. The molecular weight excluding hydrogens is 302 g/mol. The van der Waals surface area contributed by atoms with Crippen LogP contribution in [0.4, 0.5) is 0 Å². The SMILES string of the molecule is C[C@H]1C/C(=N\NC(=O)Cc2ccncc2)c2ccsc2S1. The minimum Gasteiger partial charge on any atom is -0.273 e. The van der Waals surface area contributed by atoms with Crippen LogP contribution in [0.1, 0.15) is 24.5 Å². The predicted molar refractivity (Wildman–Crippen MR) is 86.9 cm³/mol. The maximum Gasteiger partial charge on any atom is 0.244 e. The third kappa shape index (κ3) is 3.51. The molecule has 1 amide bonds. The lowest BCUT2D eigenvalue weighted by molar-refractivity contribution is -0.120. The van der Waals surface area contributed by atoms with Crippen LogP contribution in [-0.2, 0) is 11.2 Å². The molecule has 1 N–H and O–H groups in total. The summed E-state index contributed by atoms with van der Waals surface area (Å²) in [6.45, 7) is 2.18. The Morgan fingerprint density at radius 2 is 2.24 bits per heavy atom. The molecule has 0 spiro atoms. The summed E-state index contributed by atoms with van der Waals surface area (Å²) >= 11 is 3.61. The lowest BCUT2D eigenvalue weighted by Crippen LogP contribution is -2.24. The number of amides is 1. The number of nitrogens with one attached hydrogen (secondary N) is 1. The van der Waals surface area contributed by atoms with E-state index in [1.165, 1.54) is 4.21 Å². The first-order valence-electron chi connectivity index (χ1n) is 6.71. The van der Waals surface area contributed by atoms with Crippen molar-refractivity contribution in [3.05, 3.63) is 47.1 Å². The van der Waals surface area contributed by atoms with Gasteiger partial charge in [0.2, 0.25) is 5.91 Å². The number of fused-ring (bicyclic) bond motifs is 1. The van der Waals surface area contributed by atoms with Gasteiger partial charge in [-0.25, -0.2) is 5.43 Å². The van der Waals surface area contributed by atoms with Crippen LogP contribution in [0.5, 0.6) is 0 Å². The maximum atomic E-state index is 11.9. The molecule has 108 valence electrons. The van der Waals surface area contributed by atoms with Gasteiger partial charge in [-0.05, 0) is 29.1 Å². The van der Waals surface area contributed by atoms with E-state index in [1.807, 2.05) is 23.9 Å². The number of carbonyl (C=O) groups is 1. The molecule has 0 unspecified atom stereocenters. The summed E-state index contributed by atoms with van der Waals surface area (Å²) in [5.41, 5.74) is 5.74. The third-order valence-electron chi connectivity index (χ3n) is 3.16. The molecule has 4 nitrogen and oxygen atoms in total. The standard InChI is InChI=1S/C15H15N3OS2/c1-10-8-13(12-4-7-20-15(12)21-10)17-18-14(19)9-11-2-5-16-6-3-11/h2-7,10H,8-9H2,1H3,(H,18,19)/b17-13+/t10-/m0/s1. The monoisotopic (exact) mass is 317 g/mol. The molecular formula is C15H15N3OS2. The predicted octanol–water partition coefficient (Wildman–Crippen LogP) is 3.09. The second-order valence-electron chi connectivity index (χ2n) is 4.88. The first kappa shape index (κ1) is 14.3. The van der Waals surface area contributed by atoms with Crippen LogP contribution in [-0.4, -0.2) is 21.9 Å². The van der Waals surface area contributed by atoms with Gasteiger partial charge >= 0.3 is 0 Å². The van der Waals surface area contributed by atoms with Gasteiger partial charge in [-0.2, -0.15) is 5.10 Å². The number of rotatable bonds is 3. The lowest BCUT2D eigenvalue weighted by Gasteiger charge is -2.19. The van der Waals surface area contributed by atoms with Crippen molar-refractivity contribution in [2.24, 2.45) is 5.10 Å². The van der Waals surface area contributed by atoms with E-state index in [9.17, 15) is 4.79 Å². The van der Waals surface area contributed by atoms with Gasteiger partial charge in [-0.1, -0.05) is 6.92 Å². The number of thioether (sulfide) groups is 1. The fraction of sp³-hybridized carbons (Fsp3) is 0.267. The Morgan fingerprint density at radius 3 is 3.05 bits per heavy atom. The van der Waals surface area contributed by atoms with E-state index in [1.54, 1.807) is 23.7 Å². The molecule has 6 heteroatoms. The normalized spacial score (nSPS) is 19.3. The van der Waals surface area contributed by atoms with Crippen molar-refractivity contribution >= 4 is 34.7 Å². The molecule has 21 heavy (non-hydrogen) atoms. The molecule has 3 heterocycles. The largest absolute Gasteiger partial charge is 0.273 e. The Kier molecular flexibility index (Phi) is 4.36. The molecule has 1 aliphatic rings. The van der Waals surface area contributed by atoms with Crippen LogP contribution >= 0.6 is 23.1 Å². The summed E-state index contributed by atoms with van der Waals surface area (Å²) in [4.78, 5) is 15.9. The molecule has 2 aromatic heterocycles. The number of nitrogens with zero attached hydrogens (tertiary/aromatic N) is 2. The quantitative estimate of drug-likeness (QED) is 0.885. The molecule has 0 fully saturated rings. The number of hydrogen-bond donors (Lipinski definition) is 1. The van der Waals surface area contributed by atoms with Crippen molar-refractivity contribution in [3.63, 3.8) is 0 Å². The summed E-state index contributed by atoms with van der Waals surface area (Å²) in [5.74, 6) is -0.101. The second-order valence-corrected chi connectivity index (χ2v) is 7.50. The minimum absolute atomic E-state index is 0.101. The van der Waals surface area contributed by atoms with E-state index in [4.69, 9.17) is 0 Å². The van der Waals surface area contributed by atoms with E-state index in [0.717, 1.165) is 23.3 Å². The Labute approximate surface area is 131 Å². The van der Waals surface area contributed by atoms with E-state index in [0.29, 0.717) is 11.7 Å². The molecule has 0 saturated carbocycles. The zero-order valence-corrected chi connectivity index (χ0v) is 13.2. The third-order valence-corrected chi connectivity index (χ3v) is 5.45. The number of hydrazone groups is 1. The van der Waals surface area contributed by atoms with Crippen LogP contribution in [0.2, 0.25) is 0 Å². The van der Waals surface area contributed by atoms with Crippen LogP contribution in [0.25, 0.3) is 0 Å². The van der Waals surface area contributed by atoms with E-state index >= 15 is 0 Å². The Hall–Kier alpha value is -1.66. The average molecular weight is 317 g/mol. The second kappa shape index (κ2) is 6.41. The van der Waals surface area contributed by atoms with Crippen LogP contribution in [0.15, 0.2) is 45.3 Å². The first-order chi connectivity index (χ1) is 10.2. The Bertz CT molecular complexity index is 667. The highest BCUT2D eigenvalue weighted by Crippen LogP contribution is 2.38. The molecule has 0 aromatic carbocycles. The minimum atomic E-state index is -0.101. The van der Waals surface area contributed by atoms with Gasteiger partial charge in [0.15, 0.2) is 0 Å². The number of hydrogen-bond acceptors (Lipinski definition) is 5. The molecule has 0 saturated heterocycles. The Balaban J connectivity index is 1.68. The lowest BCUT2D eigenvalue weighted by atomic mass is 10.1. The number of pyridine rings is 1. The number of thiophene rings is 1. The van der Waals surface area contributed by atoms with Crippen molar-refractivity contribution in [3.8, 4) is 0 Å². The highest BCUT2D eigenvalue weighted by atomic mass is 32.2. The topological polar surface area (TPSA) is 54.4 Å². The summed E-state index contributed by atoms with van der Waals surface area (Å²) in [7, 11) is 0. The zero-order chi connectivity index (χ0) is 14.7. The van der Waals surface area contributed by atoms with Gasteiger partial charge in [0.05, 0.1) is 16.3 Å². The van der Waals surface area contributed by atoms with Crippen molar-refractivity contribution in [1.82, 2.24) is 10.4 Å². The molecule has 1 atom stereocenters. The molecule has 2 aromatic rings. The summed E-state index contributed by atoms with van der Waals surface area (Å²) < 4.78 is 1.29. The summed E-state index contributed by atoms with van der Waals surface area (Å²) in [6, 6.07) is 5.75. The van der Waals surface area contributed by atoms with Crippen molar-refractivity contribution in [1.29, 1.82) is 0 Å². The molecule has 0 radical (unpaired) electrons. The van der Waals surface area contributed by atoms with Gasteiger partial charge in [-0.15, -0.1) is 23.1 Å². The average Bonchev–Trinajstić information content (AvgIpc) is 2.94. The van der Waals surface area contributed by atoms with E-state index in [2.05, 4.69) is 33.9 Å². The van der Waals surface area contributed by atoms with Gasteiger partial charge in [0, 0.05) is 29.6 Å². The number of carbonyl (C=O) groups excluding carboxylic acids is 1. The van der Waals surface area contributed by atoms with Gasteiger partial charge in [-0.3, -0.25) is 9.78 Å². The van der Waals surface area contributed by atoms with E-state index < -0.39 is 0 Å². The van der Waals surface area contributed by atoms with Crippen LogP contribution < -0.4 is 5.43 Å². The Morgan fingerprint density at radius 1 is 1.43 bits per heavy atom. The first-order valence-corrected chi connectivity index (χ1v) is 8.47. The summed E-state index contributed by atoms with van der Waals surface area (Å²) in [6.07, 6.45) is 4.57. The molecule has 1 aliphatic heterocycles.